The molecular formula is C13H13ClN2O3. The maximum atomic E-state index is 10.9. The third-order valence-electron chi connectivity index (χ3n) is 2.64. The lowest BCUT2D eigenvalue weighted by Gasteiger charge is -2.14. The average molecular weight is 281 g/mol. The van der Waals surface area contributed by atoms with E-state index in [4.69, 9.17) is 16.0 Å². The summed E-state index contributed by atoms with van der Waals surface area (Å²) < 4.78 is 5.24. The Bertz CT molecular complexity index is 569. The summed E-state index contributed by atoms with van der Waals surface area (Å²) in [5.41, 5.74) is 0.423. The summed E-state index contributed by atoms with van der Waals surface area (Å²) in [6.07, 6.45) is 2.24. The summed E-state index contributed by atoms with van der Waals surface area (Å²) in [5, 5.41) is 14.5. The number of rotatable bonds is 5. The van der Waals surface area contributed by atoms with E-state index in [1.165, 1.54) is 12.1 Å². The quantitative estimate of drug-likeness (QED) is 0.666. The van der Waals surface area contributed by atoms with Crippen molar-refractivity contribution in [2.24, 2.45) is 0 Å². The van der Waals surface area contributed by atoms with Gasteiger partial charge in [-0.2, -0.15) is 0 Å². The highest BCUT2D eigenvalue weighted by Crippen LogP contribution is 2.28. The molecule has 0 saturated heterocycles. The fourth-order valence-electron chi connectivity index (χ4n) is 1.83. The molecule has 1 unspecified atom stereocenters. The molecule has 1 aromatic carbocycles. The van der Waals surface area contributed by atoms with E-state index in [-0.39, 0.29) is 11.7 Å². The summed E-state index contributed by atoms with van der Waals surface area (Å²) in [7, 11) is 0. The number of nitro benzene ring substituents is 1. The van der Waals surface area contributed by atoms with E-state index in [1.54, 1.807) is 12.3 Å². The van der Waals surface area contributed by atoms with Gasteiger partial charge in [0.1, 0.15) is 11.4 Å². The Labute approximate surface area is 115 Å². The maximum absolute atomic E-state index is 10.9. The van der Waals surface area contributed by atoms with Crippen molar-refractivity contribution in [3.63, 3.8) is 0 Å². The van der Waals surface area contributed by atoms with Crippen LogP contribution >= 0.6 is 11.6 Å². The second-order valence-corrected chi connectivity index (χ2v) is 4.68. The van der Waals surface area contributed by atoms with Gasteiger partial charge in [-0.05, 0) is 31.2 Å². The Hall–Kier alpha value is -2.01. The molecule has 0 bridgehead atoms. The zero-order chi connectivity index (χ0) is 13.8. The lowest BCUT2D eigenvalue weighted by Crippen LogP contribution is -2.18. The minimum Gasteiger partial charge on any atom is -0.469 e. The molecule has 2 aromatic rings. The third kappa shape index (κ3) is 3.48. The fraction of sp³-hybridized carbons (Fsp3) is 0.231. The molecule has 5 nitrogen and oxygen atoms in total. The summed E-state index contributed by atoms with van der Waals surface area (Å²) in [4.78, 5) is 10.5. The van der Waals surface area contributed by atoms with Crippen LogP contribution in [0.2, 0.25) is 5.02 Å². The van der Waals surface area contributed by atoms with Crippen LogP contribution in [0.1, 0.15) is 12.7 Å². The van der Waals surface area contributed by atoms with Crippen LogP contribution < -0.4 is 5.32 Å². The van der Waals surface area contributed by atoms with Crippen LogP contribution in [0.4, 0.5) is 11.4 Å². The smallest absolute Gasteiger partial charge is 0.292 e. The Morgan fingerprint density at radius 2 is 2.26 bits per heavy atom. The van der Waals surface area contributed by atoms with Gasteiger partial charge in [-0.3, -0.25) is 10.1 Å². The molecule has 6 heteroatoms. The molecule has 0 saturated carbocycles. The highest BCUT2D eigenvalue weighted by molar-refractivity contribution is 6.31. The lowest BCUT2D eigenvalue weighted by molar-refractivity contribution is -0.384. The second-order valence-electron chi connectivity index (χ2n) is 4.25. The van der Waals surface area contributed by atoms with E-state index in [1.807, 2.05) is 19.1 Å². The molecule has 0 aliphatic heterocycles. The van der Waals surface area contributed by atoms with Gasteiger partial charge in [0.25, 0.3) is 5.69 Å². The highest BCUT2D eigenvalue weighted by Gasteiger charge is 2.16. The van der Waals surface area contributed by atoms with Crippen molar-refractivity contribution >= 4 is 23.0 Å². The van der Waals surface area contributed by atoms with E-state index < -0.39 is 4.92 Å². The van der Waals surface area contributed by atoms with E-state index in [9.17, 15) is 10.1 Å². The molecule has 2 rings (SSSR count). The minimum atomic E-state index is -0.432. The molecule has 0 amide bonds. The van der Waals surface area contributed by atoms with Crippen molar-refractivity contribution in [1.82, 2.24) is 0 Å². The van der Waals surface area contributed by atoms with E-state index in [2.05, 4.69) is 5.32 Å². The molecule has 1 aromatic heterocycles. The predicted octanol–water partition coefficient (Wildman–Crippen LogP) is 3.88. The number of benzene rings is 1. The summed E-state index contributed by atoms with van der Waals surface area (Å²) in [6, 6.07) is 8.11. The van der Waals surface area contributed by atoms with Crippen LogP contribution in [0, 0.1) is 10.1 Å². The number of anilines is 1. The molecule has 0 radical (unpaired) electrons. The molecule has 0 fully saturated rings. The van der Waals surface area contributed by atoms with Crippen molar-refractivity contribution in [2.75, 3.05) is 5.32 Å². The van der Waals surface area contributed by atoms with Gasteiger partial charge in [0.2, 0.25) is 0 Å². The van der Waals surface area contributed by atoms with E-state index >= 15 is 0 Å². The Balaban J connectivity index is 2.13. The monoisotopic (exact) mass is 280 g/mol. The lowest BCUT2D eigenvalue weighted by atomic mass is 10.1. The predicted molar refractivity (Wildman–Crippen MR) is 73.6 cm³/mol. The highest BCUT2D eigenvalue weighted by atomic mass is 35.5. The average Bonchev–Trinajstić information content (AvgIpc) is 2.81. The van der Waals surface area contributed by atoms with Gasteiger partial charge in [-0.15, -0.1) is 0 Å². The van der Waals surface area contributed by atoms with E-state index in [0.717, 1.165) is 5.76 Å². The van der Waals surface area contributed by atoms with Crippen molar-refractivity contribution in [2.45, 2.75) is 19.4 Å². The van der Waals surface area contributed by atoms with Gasteiger partial charge in [-0.1, -0.05) is 11.6 Å². The number of nitro groups is 1. The first-order valence-corrected chi connectivity index (χ1v) is 6.17. The Morgan fingerprint density at radius 1 is 1.47 bits per heavy atom. The van der Waals surface area contributed by atoms with Gasteiger partial charge < -0.3 is 9.73 Å². The van der Waals surface area contributed by atoms with Crippen molar-refractivity contribution < 1.29 is 9.34 Å². The molecule has 0 spiro atoms. The summed E-state index contributed by atoms with van der Waals surface area (Å²) >= 11 is 5.87. The van der Waals surface area contributed by atoms with Crippen LogP contribution in [0.3, 0.4) is 0 Å². The Morgan fingerprint density at radius 3 is 2.89 bits per heavy atom. The fourth-order valence-corrected chi connectivity index (χ4v) is 2.00. The molecule has 0 aliphatic rings. The molecular weight excluding hydrogens is 268 g/mol. The topological polar surface area (TPSA) is 68.3 Å². The summed E-state index contributed by atoms with van der Waals surface area (Å²) in [5.74, 6) is 0.824. The van der Waals surface area contributed by atoms with E-state index in [0.29, 0.717) is 17.1 Å². The van der Waals surface area contributed by atoms with Crippen LogP contribution in [0.15, 0.2) is 41.0 Å². The normalized spacial score (nSPS) is 12.1. The van der Waals surface area contributed by atoms with Gasteiger partial charge >= 0.3 is 0 Å². The molecule has 1 atom stereocenters. The molecule has 1 N–H and O–H groups in total. The first-order valence-electron chi connectivity index (χ1n) is 5.79. The Kier molecular flexibility index (Phi) is 4.06. The zero-order valence-electron chi connectivity index (χ0n) is 10.3. The molecule has 0 aliphatic carbocycles. The van der Waals surface area contributed by atoms with Gasteiger partial charge in [0.15, 0.2) is 0 Å². The molecule has 1 heterocycles. The summed E-state index contributed by atoms with van der Waals surface area (Å²) in [6.45, 7) is 1.92. The third-order valence-corrected chi connectivity index (χ3v) is 2.88. The minimum absolute atomic E-state index is 0.00990. The first kappa shape index (κ1) is 13.4. The van der Waals surface area contributed by atoms with Crippen LogP contribution in [-0.4, -0.2) is 11.0 Å². The number of hydrogen-bond acceptors (Lipinski definition) is 4. The number of halogens is 1. The van der Waals surface area contributed by atoms with Crippen LogP contribution in [-0.2, 0) is 6.42 Å². The van der Waals surface area contributed by atoms with Gasteiger partial charge in [-0.25, -0.2) is 0 Å². The molecule has 100 valence electrons. The number of nitrogens with one attached hydrogen (secondary N) is 1. The number of furan rings is 1. The van der Waals surface area contributed by atoms with Gasteiger partial charge in [0, 0.05) is 23.6 Å². The molecule has 19 heavy (non-hydrogen) atoms. The standard InChI is InChI=1S/C13H13ClN2O3/c1-9(7-11-3-2-6-19-11)15-12-8-10(14)4-5-13(12)16(17)18/h2-6,8-9,15H,7H2,1H3. The SMILES string of the molecule is CC(Cc1ccco1)Nc1cc(Cl)ccc1[N+](=O)[O-]. The first-order chi connectivity index (χ1) is 9.06. The zero-order valence-corrected chi connectivity index (χ0v) is 11.1. The van der Waals surface area contributed by atoms with Crippen LogP contribution in [0.25, 0.3) is 0 Å². The number of hydrogen-bond donors (Lipinski definition) is 1. The second kappa shape index (κ2) is 5.75. The van der Waals surface area contributed by atoms with Crippen LogP contribution in [0.5, 0.6) is 0 Å². The van der Waals surface area contributed by atoms with Crippen molar-refractivity contribution in [3.05, 3.63) is 57.5 Å². The maximum Gasteiger partial charge on any atom is 0.292 e. The van der Waals surface area contributed by atoms with Crippen molar-refractivity contribution in [3.8, 4) is 0 Å². The van der Waals surface area contributed by atoms with Gasteiger partial charge in [0.05, 0.1) is 11.2 Å². The number of nitrogens with zero attached hydrogens (tertiary/aromatic N) is 1. The largest absolute Gasteiger partial charge is 0.469 e. The van der Waals surface area contributed by atoms with Crippen molar-refractivity contribution in [1.29, 1.82) is 0 Å².